The number of carbonyl (C=O) groups excluding carboxylic acids is 1. The van der Waals surface area contributed by atoms with Crippen LogP contribution in [0.2, 0.25) is 0 Å². The van der Waals surface area contributed by atoms with Gasteiger partial charge in [-0.2, -0.15) is 0 Å². The van der Waals surface area contributed by atoms with Gasteiger partial charge in [0.2, 0.25) is 0 Å². The van der Waals surface area contributed by atoms with E-state index >= 15 is 0 Å². The first-order chi connectivity index (χ1) is 21.3. The molecule has 2 atom stereocenters. The van der Waals surface area contributed by atoms with Gasteiger partial charge in [-0.3, -0.25) is 4.79 Å². The molecule has 1 amide bonds. The minimum atomic E-state index is -0.924. The number of carboxylic acids is 1. The summed E-state index contributed by atoms with van der Waals surface area (Å²) in [6, 6.07) is 15.9. The number of amides is 1. The van der Waals surface area contributed by atoms with Gasteiger partial charge in [0.25, 0.3) is 0 Å². The summed E-state index contributed by atoms with van der Waals surface area (Å²) in [6.45, 7) is 14.0. The molecule has 0 radical (unpaired) electrons. The average molecular weight is 616 g/mol. The number of carboxylic acid groups (broad SMARTS) is 1. The smallest absolute Gasteiger partial charge is 0.410 e. The van der Waals surface area contributed by atoms with Crippen molar-refractivity contribution in [3.63, 3.8) is 0 Å². The van der Waals surface area contributed by atoms with Gasteiger partial charge in [0.05, 0.1) is 23.8 Å². The molecule has 3 heterocycles. The molecule has 5 rings (SSSR count). The lowest BCUT2D eigenvalue weighted by Gasteiger charge is -2.32. The quantitative estimate of drug-likeness (QED) is 0.304. The van der Waals surface area contributed by atoms with Crippen LogP contribution in [0.4, 0.5) is 10.6 Å². The number of para-hydroxylation sites is 1. The molecule has 1 saturated heterocycles. The number of aryl methyl sites for hydroxylation is 2. The standard InChI is InChI=1S/C36H45N3O6/c1-23-10-8-11-27(29-12-9-13-31(37-29)39-17-15-36(6,33(40)41)30(39)22-43-7)32(23)44-21-25-18-24(2)28-20-38(16-14-26(28)19-25)34(42)45-35(3,4)5/h8-13,18-19,30H,14-17,20-22H2,1-7H3,(H,40,41)/t30-,36-/m1/s1. The van der Waals surface area contributed by atoms with Gasteiger partial charge >= 0.3 is 12.1 Å². The minimum Gasteiger partial charge on any atom is -0.488 e. The number of anilines is 1. The van der Waals surface area contributed by atoms with Gasteiger partial charge in [-0.25, -0.2) is 9.78 Å². The molecule has 9 heteroatoms. The first-order valence-electron chi connectivity index (χ1n) is 15.6. The van der Waals surface area contributed by atoms with Crippen LogP contribution in [0.25, 0.3) is 11.3 Å². The Bertz CT molecular complexity index is 1580. The molecule has 1 N–H and O–H groups in total. The van der Waals surface area contributed by atoms with Crippen LogP contribution in [-0.4, -0.2) is 65.5 Å². The molecular weight excluding hydrogens is 570 g/mol. The zero-order valence-corrected chi connectivity index (χ0v) is 27.5. The molecule has 0 unspecified atom stereocenters. The lowest BCUT2D eigenvalue weighted by atomic mass is 9.83. The third-order valence-corrected chi connectivity index (χ3v) is 8.97. The lowest BCUT2D eigenvalue weighted by molar-refractivity contribution is -0.148. The lowest BCUT2D eigenvalue weighted by Crippen LogP contribution is -2.46. The number of rotatable bonds is 8. The largest absolute Gasteiger partial charge is 0.488 e. The first kappa shape index (κ1) is 32.3. The number of fused-ring (bicyclic) bond motifs is 1. The summed E-state index contributed by atoms with van der Waals surface area (Å²) in [5.74, 6) is 0.659. The molecule has 0 spiro atoms. The van der Waals surface area contributed by atoms with Crippen LogP contribution in [0.3, 0.4) is 0 Å². The Labute approximate surface area is 266 Å². The second-order valence-electron chi connectivity index (χ2n) is 13.5. The van der Waals surface area contributed by atoms with E-state index in [1.807, 2.05) is 64.1 Å². The molecule has 0 bridgehead atoms. The van der Waals surface area contributed by atoms with Gasteiger partial charge in [-0.15, -0.1) is 0 Å². The molecular formula is C36H45N3O6. The maximum absolute atomic E-state index is 12.7. The van der Waals surface area contributed by atoms with E-state index in [0.717, 1.165) is 45.9 Å². The second-order valence-corrected chi connectivity index (χ2v) is 13.5. The number of nitrogens with zero attached hydrogens (tertiary/aromatic N) is 3. The van der Waals surface area contributed by atoms with Crippen molar-refractivity contribution in [2.45, 2.75) is 79.2 Å². The van der Waals surface area contributed by atoms with E-state index in [4.69, 9.17) is 19.2 Å². The van der Waals surface area contributed by atoms with Gasteiger partial charge in [0.15, 0.2) is 0 Å². The molecule has 240 valence electrons. The fourth-order valence-corrected chi connectivity index (χ4v) is 6.42. The fourth-order valence-electron chi connectivity index (χ4n) is 6.42. The molecule has 0 saturated carbocycles. The number of pyridine rings is 1. The fraction of sp³-hybridized carbons (Fsp3) is 0.472. The molecule has 2 aliphatic heterocycles. The number of hydrogen-bond donors (Lipinski definition) is 1. The van der Waals surface area contributed by atoms with Crippen molar-refractivity contribution in [1.82, 2.24) is 9.88 Å². The Kier molecular flexibility index (Phi) is 9.12. The van der Waals surface area contributed by atoms with E-state index in [9.17, 15) is 14.7 Å². The SMILES string of the molecule is COC[C@H]1N(c2cccc(-c3cccc(C)c3OCc3cc(C)c4c(c3)CCN(C(=O)OC(C)(C)C)C4)n2)CC[C@@]1(C)C(=O)O. The summed E-state index contributed by atoms with van der Waals surface area (Å²) in [4.78, 5) is 33.7. The van der Waals surface area contributed by atoms with Gasteiger partial charge in [-0.1, -0.05) is 30.3 Å². The Morgan fingerprint density at radius 2 is 1.82 bits per heavy atom. The Hall–Kier alpha value is -4.11. The van der Waals surface area contributed by atoms with Crippen LogP contribution in [0.1, 0.15) is 61.9 Å². The van der Waals surface area contributed by atoms with E-state index in [1.165, 1.54) is 11.1 Å². The molecule has 9 nitrogen and oxygen atoms in total. The molecule has 3 aromatic rings. The van der Waals surface area contributed by atoms with E-state index < -0.39 is 17.0 Å². The number of methoxy groups -OCH3 is 1. The van der Waals surface area contributed by atoms with Gasteiger partial charge < -0.3 is 29.1 Å². The minimum absolute atomic E-state index is 0.278. The zero-order chi connectivity index (χ0) is 32.5. The topological polar surface area (TPSA) is 101 Å². The maximum Gasteiger partial charge on any atom is 0.410 e. The second kappa shape index (κ2) is 12.7. The van der Waals surface area contributed by atoms with E-state index in [2.05, 4.69) is 24.0 Å². The van der Waals surface area contributed by atoms with E-state index in [-0.39, 0.29) is 12.1 Å². The molecule has 2 aromatic carbocycles. The summed E-state index contributed by atoms with van der Waals surface area (Å²) < 4.78 is 17.6. The highest BCUT2D eigenvalue weighted by Crippen LogP contribution is 2.41. The van der Waals surface area contributed by atoms with Crippen LogP contribution >= 0.6 is 0 Å². The number of benzene rings is 2. The van der Waals surface area contributed by atoms with Gasteiger partial charge in [-0.05, 0) is 100 Å². The molecule has 0 aliphatic carbocycles. The number of hydrogen-bond acceptors (Lipinski definition) is 7. The van der Waals surface area contributed by atoms with Crippen molar-refractivity contribution in [2.24, 2.45) is 5.41 Å². The van der Waals surface area contributed by atoms with Crippen molar-refractivity contribution in [3.8, 4) is 17.0 Å². The predicted molar refractivity (Wildman–Crippen MR) is 174 cm³/mol. The number of aliphatic carboxylic acids is 1. The van der Waals surface area contributed by atoms with Crippen molar-refractivity contribution >= 4 is 17.9 Å². The van der Waals surface area contributed by atoms with Crippen molar-refractivity contribution in [2.75, 3.05) is 31.7 Å². The predicted octanol–water partition coefficient (Wildman–Crippen LogP) is 6.55. The third kappa shape index (κ3) is 6.78. The van der Waals surface area contributed by atoms with Crippen LogP contribution < -0.4 is 9.64 Å². The number of aromatic nitrogens is 1. The van der Waals surface area contributed by atoms with Crippen LogP contribution in [0, 0.1) is 19.3 Å². The molecule has 1 fully saturated rings. The van der Waals surface area contributed by atoms with E-state index in [0.29, 0.717) is 39.3 Å². The number of ether oxygens (including phenoxy) is 3. The van der Waals surface area contributed by atoms with E-state index in [1.54, 1.807) is 18.9 Å². The Morgan fingerprint density at radius 1 is 1.07 bits per heavy atom. The molecule has 2 aliphatic rings. The molecule has 45 heavy (non-hydrogen) atoms. The Balaban J connectivity index is 1.36. The van der Waals surface area contributed by atoms with Gasteiger partial charge in [0.1, 0.15) is 23.8 Å². The maximum atomic E-state index is 12.7. The monoisotopic (exact) mass is 615 g/mol. The van der Waals surface area contributed by atoms with Crippen LogP contribution in [0.5, 0.6) is 5.75 Å². The average Bonchev–Trinajstić information content (AvgIpc) is 3.33. The highest BCUT2D eigenvalue weighted by atomic mass is 16.6. The van der Waals surface area contributed by atoms with Crippen molar-refractivity contribution in [1.29, 1.82) is 0 Å². The highest BCUT2D eigenvalue weighted by Gasteiger charge is 2.50. The van der Waals surface area contributed by atoms with Gasteiger partial charge in [0, 0.05) is 32.3 Å². The first-order valence-corrected chi connectivity index (χ1v) is 15.6. The summed E-state index contributed by atoms with van der Waals surface area (Å²) in [5, 5.41) is 10.00. The summed E-state index contributed by atoms with van der Waals surface area (Å²) >= 11 is 0. The summed E-state index contributed by atoms with van der Waals surface area (Å²) in [6.07, 6.45) is 0.997. The van der Waals surface area contributed by atoms with Crippen LogP contribution in [0.15, 0.2) is 48.5 Å². The number of carbonyl (C=O) groups is 2. The normalized spacial score (nSPS) is 19.8. The summed E-state index contributed by atoms with van der Waals surface area (Å²) in [7, 11) is 1.60. The van der Waals surface area contributed by atoms with Crippen molar-refractivity contribution in [3.05, 3.63) is 76.3 Å². The van der Waals surface area contributed by atoms with Crippen LogP contribution in [-0.2, 0) is 33.8 Å². The Morgan fingerprint density at radius 3 is 2.53 bits per heavy atom. The summed E-state index contributed by atoms with van der Waals surface area (Å²) in [5.41, 5.74) is 5.78. The highest BCUT2D eigenvalue weighted by molar-refractivity contribution is 5.77. The van der Waals surface area contributed by atoms with Crippen molar-refractivity contribution < 1.29 is 28.9 Å². The zero-order valence-electron chi connectivity index (χ0n) is 27.5. The third-order valence-electron chi connectivity index (χ3n) is 8.97. The molecule has 1 aromatic heterocycles.